The molecule has 0 saturated heterocycles. The number of carbonyl (C=O) groups excluding carboxylic acids is 1. The number of hydrogen-bond acceptors (Lipinski definition) is 2. The summed E-state index contributed by atoms with van der Waals surface area (Å²) in [5.74, 6) is 0.405. The molecule has 2 N–H and O–H groups in total. The number of primary amides is 1. The van der Waals surface area contributed by atoms with Crippen molar-refractivity contribution < 1.29 is 9.53 Å². The van der Waals surface area contributed by atoms with Gasteiger partial charge in [0.15, 0.2) is 0 Å². The highest BCUT2D eigenvalue weighted by atomic mass is 16.5. The molecule has 1 aromatic heterocycles. The van der Waals surface area contributed by atoms with Crippen LogP contribution in [0.2, 0.25) is 0 Å². The minimum absolute atomic E-state index is 0.386. The third-order valence-electron chi connectivity index (χ3n) is 4.58. The van der Waals surface area contributed by atoms with Crippen LogP contribution in [0.15, 0.2) is 36.9 Å². The highest BCUT2D eigenvalue weighted by molar-refractivity contribution is 6.02. The van der Waals surface area contributed by atoms with E-state index >= 15 is 0 Å². The molecule has 0 atom stereocenters. The molecule has 0 aliphatic rings. The van der Waals surface area contributed by atoms with Crippen molar-refractivity contribution in [2.45, 2.75) is 46.1 Å². The predicted octanol–water partition coefficient (Wildman–Crippen LogP) is 4.49. The normalized spacial score (nSPS) is 10.7. The molecule has 1 aromatic carbocycles. The molecule has 2 rings (SSSR count). The second-order valence-corrected chi connectivity index (χ2v) is 6.23. The first kappa shape index (κ1) is 18.8. The molecule has 1 amide bonds. The number of nitrogens with zero attached hydrogens (tertiary/aromatic N) is 1. The molecule has 4 heteroatoms. The fourth-order valence-electron chi connectivity index (χ4n) is 3.35. The number of methoxy groups -OCH3 is 1. The molecular weight excluding hydrogens is 312 g/mol. The zero-order valence-electron chi connectivity index (χ0n) is 15.5. The van der Waals surface area contributed by atoms with E-state index in [4.69, 9.17) is 10.5 Å². The average Bonchev–Trinajstić information content (AvgIpc) is 2.88. The van der Waals surface area contributed by atoms with Gasteiger partial charge in [0.25, 0.3) is 5.91 Å². The maximum atomic E-state index is 12.2. The molecule has 0 radical (unpaired) electrons. The Kier molecular flexibility index (Phi) is 6.45. The Bertz CT molecular complexity index is 742. The molecule has 0 spiro atoms. The summed E-state index contributed by atoms with van der Waals surface area (Å²) in [5.41, 5.74) is 10.4. The Labute approximate surface area is 150 Å². The first-order valence-electron chi connectivity index (χ1n) is 8.82. The maximum Gasteiger partial charge on any atom is 0.251 e. The van der Waals surface area contributed by atoms with E-state index in [-0.39, 0.29) is 5.91 Å². The third-order valence-corrected chi connectivity index (χ3v) is 4.58. The van der Waals surface area contributed by atoms with Gasteiger partial charge in [0.2, 0.25) is 0 Å². The van der Waals surface area contributed by atoms with Crippen molar-refractivity contribution in [3.05, 3.63) is 53.9 Å². The number of nitrogens with two attached hydrogens (primary N) is 1. The molecule has 0 bridgehead atoms. The monoisotopic (exact) mass is 340 g/mol. The highest BCUT2D eigenvalue weighted by Gasteiger charge is 2.24. The van der Waals surface area contributed by atoms with E-state index in [9.17, 15) is 4.79 Å². The lowest BCUT2D eigenvalue weighted by atomic mass is 9.97. The van der Waals surface area contributed by atoms with Gasteiger partial charge in [0, 0.05) is 23.5 Å². The zero-order chi connectivity index (χ0) is 18.4. The number of carbonyl (C=O) groups is 1. The third kappa shape index (κ3) is 3.95. The van der Waals surface area contributed by atoms with Gasteiger partial charge < -0.3 is 15.0 Å². The van der Waals surface area contributed by atoms with Gasteiger partial charge in [-0.2, -0.15) is 0 Å². The van der Waals surface area contributed by atoms with Gasteiger partial charge in [-0.1, -0.05) is 38.0 Å². The fourth-order valence-corrected chi connectivity index (χ4v) is 3.35. The van der Waals surface area contributed by atoms with Crippen molar-refractivity contribution in [3.8, 4) is 16.9 Å². The van der Waals surface area contributed by atoms with Gasteiger partial charge in [0.05, 0.1) is 12.7 Å². The van der Waals surface area contributed by atoms with Crippen LogP contribution >= 0.6 is 0 Å². The predicted molar refractivity (Wildman–Crippen MR) is 103 cm³/mol. The Morgan fingerprint density at radius 2 is 1.96 bits per heavy atom. The number of benzene rings is 1. The van der Waals surface area contributed by atoms with Crippen LogP contribution in [-0.2, 0) is 13.0 Å². The Morgan fingerprint density at radius 3 is 2.48 bits per heavy atom. The second-order valence-electron chi connectivity index (χ2n) is 6.23. The molecule has 1 heterocycles. The summed E-state index contributed by atoms with van der Waals surface area (Å²) in [4.78, 5) is 12.2. The van der Waals surface area contributed by atoms with Crippen molar-refractivity contribution in [1.29, 1.82) is 0 Å². The summed E-state index contributed by atoms with van der Waals surface area (Å²) in [6.07, 6.45) is 6.17. The zero-order valence-corrected chi connectivity index (χ0v) is 15.5. The molecule has 0 saturated carbocycles. The minimum Gasteiger partial charge on any atom is -0.497 e. The van der Waals surface area contributed by atoms with Crippen LogP contribution in [0, 0.1) is 6.92 Å². The number of aromatic nitrogens is 1. The lowest BCUT2D eigenvalue weighted by molar-refractivity contribution is 0.1000. The van der Waals surface area contributed by atoms with E-state index < -0.39 is 0 Å². The summed E-state index contributed by atoms with van der Waals surface area (Å²) in [7, 11) is 1.64. The van der Waals surface area contributed by atoms with Crippen LogP contribution < -0.4 is 10.5 Å². The SMILES string of the molecule is C=CCn1c(C)c(C(N)=O)c(-c2ccc(OC)cc2)c1CCCCC. The van der Waals surface area contributed by atoms with Gasteiger partial charge >= 0.3 is 0 Å². The molecule has 0 aliphatic heterocycles. The number of ether oxygens (including phenoxy) is 1. The molecule has 134 valence electrons. The first-order valence-corrected chi connectivity index (χ1v) is 8.82. The van der Waals surface area contributed by atoms with Crippen molar-refractivity contribution in [1.82, 2.24) is 4.57 Å². The number of allylic oxidation sites excluding steroid dienone is 1. The highest BCUT2D eigenvalue weighted by Crippen LogP contribution is 2.34. The first-order chi connectivity index (χ1) is 12.0. The van der Waals surface area contributed by atoms with E-state index in [0.29, 0.717) is 12.1 Å². The second kappa shape index (κ2) is 8.56. The summed E-state index contributed by atoms with van der Waals surface area (Å²) in [6, 6.07) is 7.80. The Morgan fingerprint density at radius 1 is 1.28 bits per heavy atom. The summed E-state index contributed by atoms with van der Waals surface area (Å²) in [5, 5.41) is 0. The van der Waals surface area contributed by atoms with Gasteiger partial charge in [-0.15, -0.1) is 6.58 Å². The van der Waals surface area contributed by atoms with E-state index in [0.717, 1.165) is 53.9 Å². The van der Waals surface area contributed by atoms with Crippen LogP contribution in [0.25, 0.3) is 11.1 Å². The molecule has 0 aliphatic carbocycles. The van der Waals surface area contributed by atoms with Crippen molar-refractivity contribution in [3.63, 3.8) is 0 Å². The van der Waals surface area contributed by atoms with Crippen molar-refractivity contribution in [2.75, 3.05) is 7.11 Å². The van der Waals surface area contributed by atoms with Crippen LogP contribution in [0.1, 0.15) is 47.9 Å². The number of rotatable bonds is 9. The largest absolute Gasteiger partial charge is 0.497 e. The molecule has 25 heavy (non-hydrogen) atoms. The Hall–Kier alpha value is -2.49. The molecule has 0 unspecified atom stereocenters. The lowest BCUT2D eigenvalue weighted by Crippen LogP contribution is -2.13. The van der Waals surface area contributed by atoms with Gasteiger partial charge in [-0.3, -0.25) is 4.79 Å². The van der Waals surface area contributed by atoms with Crippen LogP contribution in [-0.4, -0.2) is 17.6 Å². The maximum absolute atomic E-state index is 12.2. The smallest absolute Gasteiger partial charge is 0.251 e. The van der Waals surface area contributed by atoms with Crippen LogP contribution in [0.4, 0.5) is 0 Å². The summed E-state index contributed by atoms with van der Waals surface area (Å²) in [6.45, 7) is 8.68. The number of amides is 1. The van der Waals surface area contributed by atoms with Crippen LogP contribution in [0.5, 0.6) is 5.75 Å². The lowest BCUT2D eigenvalue weighted by Gasteiger charge is -2.12. The molecular formula is C21H28N2O2. The van der Waals surface area contributed by atoms with Crippen molar-refractivity contribution in [2.24, 2.45) is 5.73 Å². The topological polar surface area (TPSA) is 57.2 Å². The van der Waals surface area contributed by atoms with E-state index in [1.807, 2.05) is 37.3 Å². The van der Waals surface area contributed by atoms with E-state index in [2.05, 4.69) is 18.1 Å². The van der Waals surface area contributed by atoms with Crippen molar-refractivity contribution >= 4 is 5.91 Å². The quantitative estimate of drug-likeness (QED) is 0.540. The van der Waals surface area contributed by atoms with Gasteiger partial charge in [-0.25, -0.2) is 0 Å². The number of hydrogen-bond donors (Lipinski definition) is 1. The summed E-state index contributed by atoms with van der Waals surface area (Å²) >= 11 is 0. The minimum atomic E-state index is -0.386. The van der Waals surface area contributed by atoms with Crippen LogP contribution in [0.3, 0.4) is 0 Å². The summed E-state index contributed by atoms with van der Waals surface area (Å²) < 4.78 is 7.42. The van der Waals surface area contributed by atoms with E-state index in [1.165, 1.54) is 0 Å². The molecule has 0 fully saturated rings. The average molecular weight is 340 g/mol. The number of unbranched alkanes of at least 4 members (excludes halogenated alkanes) is 2. The Balaban J connectivity index is 2.64. The van der Waals surface area contributed by atoms with Gasteiger partial charge in [-0.05, 0) is 37.5 Å². The fraction of sp³-hybridized carbons (Fsp3) is 0.381. The van der Waals surface area contributed by atoms with E-state index in [1.54, 1.807) is 7.11 Å². The molecule has 4 nitrogen and oxygen atoms in total. The van der Waals surface area contributed by atoms with Gasteiger partial charge in [0.1, 0.15) is 5.75 Å². The standard InChI is InChI=1S/C21H28N2O2/c1-5-7-8-9-18-20(16-10-12-17(25-4)13-11-16)19(21(22)24)15(3)23(18)14-6-2/h6,10-13H,2,5,7-9,14H2,1,3-4H3,(H2,22,24). The molecule has 2 aromatic rings.